The number of sulfonamides is 1. The van der Waals surface area contributed by atoms with Crippen LogP contribution in [-0.2, 0) is 27.8 Å². The zero-order valence-electron chi connectivity index (χ0n) is 23.0. The summed E-state index contributed by atoms with van der Waals surface area (Å²) in [5.41, 5.74) is 1.52. The molecule has 0 saturated heterocycles. The second kappa shape index (κ2) is 16.1. The average molecular weight is 564 g/mol. The van der Waals surface area contributed by atoms with Crippen LogP contribution in [0.15, 0.2) is 54.6 Å². The molecule has 2 atom stereocenters. The molecule has 11 heteroatoms. The zero-order chi connectivity index (χ0) is 28.8. The summed E-state index contributed by atoms with van der Waals surface area (Å²) in [4.78, 5) is 25.9. The fourth-order valence-electron chi connectivity index (χ4n) is 4.22. The Kier molecular flexibility index (Phi) is 13.2. The molecule has 0 radical (unpaired) electrons. The number of aliphatic hydroxyl groups excluding tert-OH is 1. The van der Waals surface area contributed by atoms with Gasteiger partial charge < -0.3 is 25.2 Å². The van der Waals surface area contributed by atoms with Crippen LogP contribution in [0.2, 0.25) is 0 Å². The molecule has 0 unspecified atom stereocenters. The monoisotopic (exact) mass is 563 g/mol. The van der Waals surface area contributed by atoms with Crippen molar-refractivity contribution >= 4 is 22.0 Å². The Balaban J connectivity index is 2.14. The van der Waals surface area contributed by atoms with Gasteiger partial charge in [-0.05, 0) is 42.5 Å². The summed E-state index contributed by atoms with van der Waals surface area (Å²) in [7, 11) is -2.09. The van der Waals surface area contributed by atoms with E-state index in [0.29, 0.717) is 37.2 Å². The minimum Gasteiger partial charge on any atom is -0.497 e. The molecule has 0 spiro atoms. The van der Waals surface area contributed by atoms with Crippen LogP contribution < -0.4 is 10.1 Å². The summed E-state index contributed by atoms with van der Waals surface area (Å²) in [5, 5.41) is 23.7. The number of aliphatic hydroxyl groups is 1. The van der Waals surface area contributed by atoms with Crippen molar-refractivity contribution in [3.8, 4) is 5.75 Å². The van der Waals surface area contributed by atoms with E-state index in [1.54, 1.807) is 24.3 Å². The van der Waals surface area contributed by atoms with Crippen molar-refractivity contribution in [3.63, 3.8) is 0 Å². The van der Waals surface area contributed by atoms with Crippen LogP contribution in [0.25, 0.3) is 0 Å². The Hall–Kier alpha value is -3.15. The molecule has 0 aliphatic carbocycles. The summed E-state index contributed by atoms with van der Waals surface area (Å²) in [6, 6.07) is 15.3. The van der Waals surface area contributed by atoms with Crippen molar-refractivity contribution in [1.29, 1.82) is 0 Å². The van der Waals surface area contributed by atoms with E-state index < -0.39 is 34.2 Å². The minimum atomic E-state index is -3.61. The van der Waals surface area contributed by atoms with Crippen molar-refractivity contribution in [2.45, 2.75) is 58.2 Å². The highest BCUT2D eigenvalue weighted by molar-refractivity contribution is 7.89. The molecule has 2 amide bonds. The van der Waals surface area contributed by atoms with Crippen LogP contribution in [0.5, 0.6) is 5.75 Å². The van der Waals surface area contributed by atoms with Gasteiger partial charge in [-0.15, -0.1) is 0 Å². The summed E-state index contributed by atoms with van der Waals surface area (Å²) < 4.78 is 32.2. The van der Waals surface area contributed by atoms with Gasteiger partial charge >= 0.3 is 6.09 Å². The van der Waals surface area contributed by atoms with Crippen LogP contribution in [0.4, 0.5) is 4.79 Å². The fraction of sp³-hybridized carbons (Fsp3) is 0.500. The maximum absolute atomic E-state index is 12.9. The number of carbonyl (C=O) groups is 2. The summed E-state index contributed by atoms with van der Waals surface area (Å²) >= 11 is 0. The van der Waals surface area contributed by atoms with Crippen molar-refractivity contribution in [2.75, 3.05) is 32.5 Å². The molecule has 0 heterocycles. The van der Waals surface area contributed by atoms with Crippen molar-refractivity contribution in [2.24, 2.45) is 0 Å². The molecule has 2 aromatic rings. The number of rotatable bonds is 17. The van der Waals surface area contributed by atoms with E-state index >= 15 is 0 Å². The van der Waals surface area contributed by atoms with Gasteiger partial charge in [-0.3, -0.25) is 4.79 Å². The van der Waals surface area contributed by atoms with Gasteiger partial charge in [0.15, 0.2) is 0 Å². The molecule has 216 valence electrons. The Morgan fingerprint density at radius 2 is 1.64 bits per heavy atom. The number of nitrogens with zero attached hydrogens (tertiary/aromatic N) is 2. The molecule has 0 aliphatic rings. The molecule has 39 heavy (non-hydrogen) atoms. The average Bonchev–Trinajstić information content (AvgIpc) is 2.91. The molecule has 0 fully saturated rings. The first-order valence-corrected chi connectivity index (χ1v) is 14.8. The van der Waals surface area contributed by atoms with Crippen LogP contribution >= 0.6 is 0 Å². The smallest absolute Gasteiger partial charge is 0.407 e. The quantitative estimate of drug-likeness (QED) is 0.269. The van der Waals surface area contributed by atoms with Crippen molar-refractivity contribution in [1.82, 2.24) is 14.5 Å². The molecule has 0 bridgehead atoms. The lowest BCUT2D eigenvalue weighted by molar-refractivity contribution is -0.122. The maximum Gasteiger partial charge on any atom is 0.407 e. The fourth-order valence-corrected chi connectivity index (χ4v) is 5.85. The van der Waals surface area contributed by atoms with E-state index in [4.69, 9.17) is 4.74 Å². The van der Waals surface area contributed by atoms with Gasteiger partial charge in [0.1, 0.15) is 5.75 Å². The molecule has 10 nitrogen and oxygen atoms in total. The third-order valence-electron chi connectivity index (χ3n) is 6.22. The largest absolute Gasteiger partial charge is 0.497 e. The van der Waals surface area contributed by atoms with Gasteiger partial charge in [0.05, 0.1) is 31.6 Å². The van der Waals surface area contributed by atoms with E-state index in [0.717, 1.165) is 10.5 Å². The van der Waals surface area contributed by atoms with Crippen LogP contribution in [0.1, 0.15) is 44.2 Å². The molecule has 0 saturated carbocycles. The highest BCUT2D eigenvalue weighted by Gasteiger charge is 2.28. The first-order valence-electron chi connectivity index (χ1n) is 13.2. The zero-order valence-corrected chi connectivity index (χ0v) is 23.8. The molecule has 2 rings (SSSR count). The highest BCUT2D eigenvalue weighted by Crippen LogP contribution is 2.16. The second-order valence-electron chi connectivity index (χ2n) is 9.41. The normalized spacial score (nSPS) is 13.1. The Morgan fingerprint density at radius 3 is 2.23 bits per heavy atom. The predicted octanol–water partition coefficient (Wildman–Crippen LogP) is 3.11. The Bertz CT molecular complexity index is 1140. The number of ether oxygens (including phenoxy) is 1. The van der Waals surface area contributed by atoms with Crippen LogP contribution in [0.3, 0.4) is 0 Å². The molecule has 3 N–H and O–H groups in total. The summed E-state index contributed by atoms with van der Waals surface area (Å²) in [6.07, 6.45) is -1.15. The van der Waals surface area contributed by atoms with Crippen LogP contribution in [0, 0.1) is 0 Å². The number of carbonyl (C=O) groups excluding carboxylic acids is 1. The first kappa shape index (κ1) is 32.1. The van der Waals surface area contributed by atoms with Crippen LogP contribution in [-0.4, -0.2) is 84.5 Å². The number of hydrogen-bond acceptors (Lipinski definition) is 6. The van der Waals surface area contributed by atoms with Gasteiger partial charge in [-0.2, -0.15) is 0 Å². The van der Waals surface area contributed by atoms with E-state index in [1.807, 2.05) is 44.2 Å². The third-order valence-corrected chi connectivity index (χ3v) is 8.09. The summed E-state index contributed by atoms with van der Waals surface area (Å²) in [5.74, 6) is -0.287. The van der Waals surface area contributed by atoms with Gasteiger partial charge in [-0.25, -0.2) is 17.5 Å². The molecule has 0 aromatic heterocycles. The number of amides is 2. The van der Waals surface area contributed by atoms with Gasteiger partial charge in [0, 0.05) is 26.1 Å². The number of carboxylic acid groups (broad SMARTS) is 1. The van der Waals surface area contributed by atoms with E-state index in [1.165, 1.54) is 11.4 Å². The van der Waals surface area contributed by atoms with Gasteiger partial charge in [0.2, 0.25) is 15.9 Å². The van der Waals surface area contributed by atoms with Crippen molar-refractivity contribution < 1.29 is 33.0 Å². The number of methoxy groups -OCH3 is 1. The maximum atomic E-state index is 12.9. The Morgan fingerprint density at radius 1 is 1.00 bits per heavy atom. The Labute approximate surface area is 231 Å². The molecular weight excluding hydrogens is 522 g/mol. The highest BCUT2D eigenvalue weighted by atomic mass is 32.2. The van der Waals surface area contributed by atoms with E-state index in [-0.39, 0.29) is 31.7 Å². The minimum absolute atomic E-state index is 0.0124. The lowest BCUT2D eigenvalue weighted by Gasteiger charge is -2.29. The molecule has 0 aliphatic heterocycles. The van der Waals surface area contributed by atoms with Gasteiger partial charge in [-0.1, -0.05) is 56.3 Å². The molecular formula is C28H41N3O7S. The predicted molar refractivity (Wildman–Crippen MR) is 150 cm³/mol. The summed E-state index contributed by atoms with van der Waals surface area (Å²) in [6.45, 7) is 4.34. The van der Waals surface area contributed by atoms with Crippen molar-refractivity contribution in [3.05, 3.63) is 65.7 Å². The third kappa shape index (κ3) is 10.9. The number of nitrogens with one attached hydrogen (secondary N) is 1. The van der Waals surface area contributed by atoms with E-state index in [9.17, 15) is 28.2 Å². The molecule has 2 aromatic carbocycles. The number of benzene rings is 2. The van der Waals surface area contributed by atoms with E-state index in [2.05, 4.69) is 5.32 Å². The van der Waals surface area contributed by atoms with Gasteiger partial charge in [0.25, 0.3) is 0 Å². The standard InChI is InChI=1S/C28H41N3O7S/c1-4-15-31(16-5-2)39(36,37)17-14-27(33)29-25(19-22-10-7-6-8-11-22)26(32)21-30(28(34)35)20-23-12-9-13-24(18-23)38-3/h6-13,18,25-26,32H,4-5,14-17,19-21H2,1-3H3,(H,29,33)(H,34,35)/t25-,26+/m0/s1. The lowest BCUT2D eigenvalue weighted by atomic mass is 10.0. The lowest BCUT2D eigenvalue weighted by Crippen LogP contribution is -2.50. The second-order valence-corrected chi connectivity index (χ2v) is 11.5. The number of hydrogen-bond donors (Lipinski definition) is 3. The first-order chi connectivity index (χ1) is 18.6. The SMILES string of the molecule is CCCN(CCC)S(=O)(=O)CCC(=O)N[C@@H](Cc1ccccc1)[C@H](O)CN(Cc1cccc(OC)c1)C(=O)O. The topological polar surface area (TPSA) is 136 Å².